The van der Waals surface area contributed by atoms with Gasteiger partial charge in [0.15, 0.2) is 0 Å². The summed E-state index contributed by atoms with van der Waals surface area (Å²) in [4.78, 5) is 0. The van der Waals surface area contributed by atoms with Crippen LogP contribution in [0.15, 0.2) is 12.4 Å². The predicted molar refractivity (Wildman–Crippen MR) is 72.5 cm³/mol. The highest BCUT2D eigenvalue weighted by molar-refractivity contribution is 7.89. The molecule has 0 aliphatic heterocycles. The topological polar surface area (TPSA) is 90.0 Å². The van der Waals surface area contributed by atoms with Gasteiger partial charge in [0.1, 0.15) is 0 Å². The van der Waals surface area contributed by atoms with Crippen LogP contribution in [0.25, 0.3) is 0 Å². The van der Waals surface area contributed by atoms with Crippen LogP contribution >= 0.6 is 0 Å². The van der Waals surface area contributed by atoms with Gasteiger partial charge < -0.3 is 5.73 Å². The number of hydrogen-bond acceptors (Lipinski definition) is 4. The van der Waals surface area contributed by atoms with Crippen LogP contribution in [-0.2, 0) is 16.6 Å². The van der Waals surface area contributed by atoms with Gasteiger partial charge in [-0.25, -0.2) is 13.1 Å². The van der Waals surface area contributed by atoms with Crippen molar-refractivity contribution in [2.75, 3.05) is 18.0 Å². The number of rotatable bonds is 6. The number of nitrogens with one attached hydrogen (secondary N) is 1. The minimum absolute atomic E-state index is 0.0190. The van der Waals surface area contributed by atoms with E-state index in [0.29, 0.717) is 25.2 Å². The van der Waals surface area contributed by atoms with Gasteiger partial charge in [-0.3, -0.25) is 4.68 Å². The molecule has 0 radical (unpaired) electrons. The number of sulfonamides is 1. The largest absolute Gasteiger partial charge is 0.396 e. The van der Waals surface area contributed by atoms with Crippen molar-refractivity contribution in [3.05, 3.63) is 12.4 Å². The summed E-state index contributed by atoms with van der Waals surface area (Å²) in [5.41, 5.74) is 6.10. The maximum Gasteiger partial charge on any atom is 0.211 e. The smallest absolute Gasteiger partial charge is 0.211 e. The summed E-state index contributed by atoms with van der Waals surface area (Å²) in [5.74, 6) is 0.151. The zero-order valence-corrected chi connectivity index (χ0v) is 12.0. The highest BCUT2D eigenvalue weighted by atomic mass is 32.2. The Bertz CT molecular complexity index is 473. The SMILES string of the molecule is CC(C)(C)CCS(=O)(=O)NCCn1cc(N)cn1. The fourth-order valence-electron chi connectivity index (χ4n) is 1.33. The van der Waals surface area contributed by atoms with Crippen molar-refractivity contribution in [3.8, 4) is 0 Å². The summed E-state index contributed by atoms with van der Waals surface area (Å²) in [6, 6.07) is 0. The maximum absolute atomic E-state index is 11.7. The first-order valence-corrected chi connectivity index (χ1v) is 7.58. The quantitative estimate of drug-likeness (QED) is 0.803. The summed E-state index contributed by atoms with van der Waals surface area (Å²) in [5, 5.41) is 3.98. The van der Waals surface area contributed by atoms with Crippen LogP contribution in [0.2, 0.25) is 0 Å². The Balaban J connectivity index is 2.33. The predicted octanol–water partition coefficient (Wildman–Crippen LogP) is 0.821. The Morgan fingerprint density at radius 3 is 2.61 bits per heavy atom. The molecule has 0 unspecified atom stereocenters. The molecule has 0 saturated carbocycles. The lowest BCUT2D eigenvalue weighted by Gasteiger charge is -2.17. The molecule has 7 heteroatoms. The summed E-state index contributed by atoms with van der Waals surface area (Å²) in [7, 11) is -3.20. The lowest BCUT2D eigenvalue weighted by molar-refractivity contribution is 0.396. The van der Waals surface area contributed by atoms with Crippen molar-refractivity contribution in [2.24, 2.45) is 5.41 Å². The third-order valence-corrected chi connectivity index (χ3v) is 3.82. The molecule has 1 rings (SSSR count). The van der Waals surface area contributed by atoms with Crippen molar-refractivity contribution in [2.45, 2.75) is 33.7 Å². The van der Waals surface area contributed by atoms with E-state index in [1.54, 1.807) is 10.9 Å². The van der Waals surface area contributed by atoms with E-state index in [1.807, 2.05) is 20.8 Å². The molecule has 0 bridgehead atoms. The van der Waals surface area contributed by atoms with E-state index in [4.69, 9.17) is 5.73 Å². The highest BCUT2D eigenvalue weighted by Gasteiger charge is 2.16. The molecule has 0 spiro atoms. The monoisotopic (exact) mass is 274 g/mol. The number of hydrogen-bond donors (Lipinski definition) is 2. The van der Waals surface area contributed by atoms with Crippen LogP contribution in [0, 0.1) is 5.41 Å². The number of nitrogens with two attached hydrogens (primary N) is 1. The molecule has 0 aromatic carbocycles. The first kappa shape index (κ1) is 15.0. The molecule has 1 aromatic rings. The Morgan fingerprint density at radius 2 is 2.11 bits per heavy atom. The molecular formula is C11H22N4O2S. The molecule has 104 valence electrons. The third kappa shape index (κ3) is 6.02. The number of nitrogens with zero attached hydrogens (tertiary/aromatic N) is 2. The van der Waals surface area contributed by atoms with E-state index in [0.717, 1.165) is 0 Å². The molecule has 3 N–H and O–H groups in total. The summed E-state index contributed by atoms with van der Waals surface area (Å²) in [6.07, 6.45) is 3.84. The van der Waals surface area contributed by atoms with Gasteiger partial charge in [0.2, 0.25) is 10.0 Å². The van der Waals surface area contributed by atoms with Gasteiger partial charge in [-0.05, 0) is 11.8 Å². The van der Waals surface area contributed by atoms with E-state index in [9.17, 15) is 8.42 Å². The van der Waals surface area contributed by atoms with Gasteiger partial charge in [-0.1, -0.05) is 20.8 Å². The van der Waals surface area contributed by atoms with Crippen LogP contribution in [0.4, 0.5) is 5.69 Å². The summed E-state index contributed by atoms with van der Waals surface area (Å²) >= 11 is 0. The van der Waals surface area contributed by atoms with Crippen molar-refractivity contribution in [1.29, 1.82) is 0 Å². The van der Waals surface area contributed by atoms with Gasteiger partial charge in [-0.2, -0.15) is 5.10 Å². The molecule has 0 aliphatic rings. The number of nitrogen functional groups attached to an aromatic ring is 1. The van der Waals surface area contributed by atoms with Gasteiger partial charge in [0.05, 0.1) is 24.2 Å². The lowest BCUT2D eigenvalue weighted by atomic mass is 9.94. The second-order valence-corrected chi connectivity index (χ2v) is 7.49. The molecule has 1 aromatic heterocycles. The standard InChI is InChI=1S/C11H22N4O2S/c1-11(2,3)4-7-18(16,17)14-5-6-15-9-10(12)8-13-15/h8-9,14H,4-7,12H2,1-3H3. The van der Waals surface area contributed by atoms with Gasteiger partial charge in [0.25, 0.3) is 0 Å². The van der Waals surface area contributed by atoms with Gasteiger partial charge in [-0.15, -0.1) is 0 Å². The van der Waals surface area contributed by atoms with Crippen LogP contribution < -0.4 is 10.5 Å². The number of aromatic nitrogens is 2. The van der Waals surface area contributed by atoms with E-state index in [2.05, 4.69) is 9.82 Å². The van der Waals surface area contributed by atoms with Crippen LogP contribution in [-0.4, -0.2) is 30.5 Å². The Morgan fingerprint density at radius 1 is 1.44 bits per heavy atom. The fourth-order valence-corrected chi connectivity index (χ4v) is 2.76. The van der Waals surface area contributed by atoms with Gasteiger partial charge in [0, 0.05) is 12.7 Å². The number of anilines is 1. The fraction of sp³-hybridized carbons (Fsp3) is 0.727. The molecular weight excluding hydrogens is 252 g/mol. The van der Waals surface area contributed by atoms with Gasteiger partial charge >= 0.3 is 0 Å². The minimum Gasteiger partial charge on any atom is -0.396 e. The molecule has 6 nitrogen and oxygen atoms in total. The molecule has 0 atom stereocenters. The third-order valence-electron chi connectivity index (χ3n) is 2.44. The van der Waals surface area contributed by atoms with Crippen LogP contribution in [0.5, 0.6) is 0 Å². The molecule has 1 heterocycles. The molecule has 0 fully saturated rings. The average Bonchev–Trinajstić information content (AvgIpc) is 2.60. The molecule has 0 amide bonds. The Kier molecular flexibility index (Phi) is 4.75. The average molecular weight is 274 g/mol. The lowest BCUT2D eigenvalue weighted by Crippen LogP contribution is -2.31. The summed E-state index contributed by atoms with van der Waals surface area (Å²) < 4.78 is 27.6. The van der Waals surface area contributed by atoms with Crippen molar-refractivity contribution < 1.29 is 8.42 Å². The van der Waals surface area contributed by atoms with E-state index in [-0.39, 0.29) is 11.2 Å². The van der Waals surface area contributed by atoms with E-state index in [1.165, 1.54) is 6.20 Å². The van der Waals surface area contributed by atoms with Crippen molar-refractivity contribution in [1.82, 2.24) is 14.5 Å². The second-order valence-electron chi connectivity index (χ2n) is 5.56. The second kappa shape index (κ2) is 5.71. The maximum atomic E-state index is 11.7. The van der Waals surface area contributed by atoms with Crippen molar-refractivity contribution >= 4 is 15.7 Å². The normalized spacial score (nSPS) is 12.8. The first-order valence-electron chi connectivity index (χ1n) is 5.93. The zero-order valence-electron chi connectivity index (χ0n) is 11.2. The molecule has 0 aliphatic carbocycles. The van der Waals surface area contributed by atoms with Crippen LogP contribution in [0.1, 0.15) is 27.2 Å². The summed E-state index contributed by atoms with van der Waals surface area (Å²) in [6.45, 7) is 6.87. The molecule has 18 heavy (non-hydrogen) atoms. The van der Waals surface area contributed by atoms with Crippen molar-refractivity contribution in [3.63, 3.8) is 0 Å². The van der Waals surface area contributed by atoms with Crippen LogP contribution in [0.3, 0.4) is 0 Å². The Labute approximate surface area is 109 Å². The van der Waals surface area contributed by atoms with E-state index >= 15 is 0 Å². The van der Waals surface area contributed by atoms with E-state index < -0.39 is 10.0 Å². The molecule has 0 saturated heterocycles. The minimum atomic E-state index is -3.20. The zero-order chi connectivity index (χ0) is 13.8. The first-order chi connectivity index (χ1) is 8.18. The highest BCUT2D eigenvalue weighted by Crippen LogP contribution is 2.18. The Hall–Kier alpha value is -1.08.